The van der Waals surface area contributed by atoms with E-state index in [-0.39, 0.29) is 40.5 Å². The number of rotatable bonds is 6. The van der Waals surface area contributed by atoms with Crippen LogP contribution in [0.1, 0.15) is 46.6 Å². The topological polar surface area (TPSA) is 64.4 Å². The Hall–Kier alpha value is -3.07. The van der Waals surface area contributed by atoms with E-state index >= 15 is 0 Å². The van der Waals surface area contributed by atoms with Crippen molar-refractivity contribution >= 4 is 21.8 Å². The first-order valence-electron chi connectivity index (χ1n) is 11.1. The number of carbonyl (C=O) groups excluding carboxylic acids is 1. The molecule has 1 fully saturated rings. The fourth-order valence-electron chi connectivity index (χ4n) is 3.94. The van der Waals surface area contributed by atoms with Gasteiger partial charge in [-0.05, 0) is 71.9 Å². The zero-order valence-electron chi connectivity index (χ0n) is 18.7. The van der Waals surface area contributed by atoms with Crippen LogP contribution < -0.4 is 10.3 Å². The SMILES string of the molecule is Cc1nc(OCc2ccc(F)cc2F)c(Br)c(=O)n1Cc1cccc(C(=O)N2CCCCC2)c1. The molecule has 0 bridgehead atoms. The van der Waals surface area contributed by atoms with E-state index in [0.29, 0.717) is 11.4 Å². The molecule has 9 heteroatoms. The molecule has 6 nitrogen and oxygen atoms in total. The van der Waals surface area contributed by atoms with E-state index < -0.39 is 11.6 Å². The van der Waals surface area contributed by atoms with Gasteiger partial charge in [-0.3, -0.25) is 14.2 Å². The number of piperidine rings is 1. The molecule has 0 radical (unpaired) electrons. The summed E-state index contributed by atoms with van der Waals surface area (Å²) in [5.74, 6) is -0.991. The number of hydrogen-bond donors (Lipinski definition) is 0. The highest BCUT2D eigenvalue weighted by atomic mass is 79.9. The standard InChI is InChI=1S/C25H24BrF2N3O3/c1-16-29-23(34-15-19-8-9-20(27)13-21(19)28)22(26)25(33)31(16)14-17-6-5-7-18(12-17)24(32)30-10-3-2-4-11-30/h5-9,12-13H,2-4,10-11,14-15H2,1H3. The number of benzene rings is 2. The summed E-state index contributed by atoms with van der Waals surface area (Å²) in [5.41, 5.74) is 1.17. The number of aromatic nitrogens is 2. The molecule has 0 unspecified atom stereocenters. The smallest absolute Gasteiger partial charge is 0.272 e. The molecule has 0 N–H and O–H groups in total. The van der Waals surface area contributed by atoms with Crippen LogP contribution in [0.2, 0.25) is 0 Å². The molecule has 1 aromatic heterocycles. The van der Waals surface area contributed by atoms with E-state index in [2.05, 4.69) is 20.9 Å². The van der Waals surface area contributed by atoms with Crippen molar-refractivity contribution in [2.45, 2.75) is 39.3 Å². The minimum Gasteiger partial charge on any atom is -0.472 e. The van der Waals surface area contributed by atoms with E-state index in [1.54, 1.807) is 19.1 Å². The first-order valence-corrected chi connectivity index (χ1v) is 11.8. The maximum absolute atomic E-state index is 13.9. The van der Waals surface area contributed by atoms with Crippen LogP contribution in [0.25, 0.3) is 0 Å². The summed E-state index contributed by atoms with van der Waals surface area (Å²) in [7, 11) is 0. The molecule has 1 aliphatic rings. The predicted octanol–water partition coefficient (Wildman–Crippen LogP) is 4.85. The summed E-state index contributed by atoms with van der Waals surface area (Å²) < 4.78 is 34.1. The summed E-state index contributed by atoms with van der Waals surface area (Å²) in [6.07, 6.45) is 3.18. The van der Waals surface area contributed by atoms with Gasteiger partial charge >= 0.3 is 0 Å². The summed E-state index contributed by atoms with van der Waals surface area (Å²) in [5, 5.41) is 0. The van der Waals surface area contributed by atoms with Crippen LogP contribution in [-0.2, 0) is 13.2 Å². The van der Waals surface area contributed by atoms with Gasteiger partial charge < -0.3 is 9.64 Å². The van der Waals surface area contributed by atoms with Gasteiger partial charge in [0.15, 0.2) is 0 Å². The molecule has 34 heavy (non-hydrogen) atoms. The molecule has 0 atom stereocenters. The number of carbonyl (C=O) groups is 1. The highest BCUT2D eigenvalue weighted by molar-refractivity contribution is 9.10. The van der Waals surface area contributed by atoms with Crippen molar-refractivity contribution in [3.05, 3.63) is 91.4 Å². The van der Waals surface area contributed by atoms with Crippen LogP contribution >= 0.6 is 15.9 Å². The van der Waals surface area contributed by atoms with Crippen molar-refractivity contribution in [1.29, 1.82) is 0 Å². The average molecular weight is 532 g/mol. The summed E-state index contributed by atoms with van der Waals surface area (Å²) in [6, 6.07) is 10.4. The fraction of sp³-hybridized carbons (Fsp3) is 0.320. The van der Waals surface area contributed by atoms with Gasteiger partial charge in [0.25, 0.3) is 11.5 Å². The van der Waals surface area contributed by atoms with Crippen LogP contribution in [0.5, 0.6) is 5.88 Å². The Morgan fingerprint density at radius 2 is 1.88 bits per heavy atom. The van der Waals surface area contributed by atoms with E-state index in [4.69, 9.17) is 4.74 Å². The Bertz CT molecular complexity index is 1270. The molecule has 178 valence electrons. The molecule has 0 saturated carbocycles. The van der Waals surface area contributed by atoms with Gasteiger partial charge in [-0.15, -0.1) is 0 Å². The molecule has 1 amide bonds. The number of amides is 1. The molecule has 4 rings (SSSR count). The number of nitrogens with zero attached hydrogens (tertiary/aromatic N) is 3. The third kappa shape index (κ3) is 5.35. The second kappa shape index (κ2) is 10.5. The Kier molecular flexibility index (Phi) is 7.41. The first kappa shape index (κ1) is 24.1. The van der Waals surface area contributed by atoms with Gasteiger partial charge in [-0.1, -0.05) is 12.1 Å². The van der Waals surface area contributed by atoms with Crippen molar-refractivity contribution in [3.63, 3.8) is 0 Å². The minimum absolute atomic E-state index is 0.00157. The number of hydrogen-bond acceptors (Lipinski definition) is 4. The Morgan fingerprint density at radius 1 is 1.12 bits per heavy atom. The Balaban J connectivity index is 1.52. The number of halogens is 3. The molecule has 2 heterocycles. The van der Waals surface area contributed by atoms with Crippen LogP contribution in [0, 0.1) is 18.6 Å². The largest absolute Gasteiger partial charge is 0.472 e. The Morgan fingerprint density at radius 3 is 2.62 bits per heavy atom. The second-order valence-electron chi connectivity index (χ2n) is 8.25. The lowest BCUT2D eigenvalue weighted by molar-refractivity contribution is 0.0724. The molecule has 1 aliphatic heterocycles. The minimum atomic E-state index is -0.736. The molecular weight excluding hydrogens is 508 g/mol. The maximum Gasteiger partial charge on any atom is 0.272 e. The highest BCUT2D eigenvalue weighted by Gasteiger charge is 2.19. The van der Waals surface area contributed by atoms with Gasteiger partial charge in [0.05, 0.1) is 6.54 Å². The van der Waals surface area contributed by atoms with Crippen molar-refractivity contribution < 1.29 is 18.3 Å². The number of aryl methyl sites for hydroxylation is 1. The molecule has 0 aliphatic carbocycles. The van der Waals surface area contributed by atoms with Crippen LogP contribution in [0.15, 0.2) is 51.7 Å². The molecule has 0 spiro atoms. The van der Waals surface area contributed by atoms with Gasteiger partial charge in [0, 0.05) is 30.3 Å². The normalized spacial score (nSPS) is 13.7. The number of ether oxygens (including phenoxy) is 1. The van der Waals surface area contributed by atoms with Gasteiger partial charge in [-0.25, -0.2) is 8.78 Å². The molecule has 2 aromatic carbocycles. The van der Waals surface area contributed by atoms with Crippen LogP contribution in [0.4, 0.5) is 8.78 Å². The van der Waals surface area contributed by atoms with Crippen molar-refractivity contribution in [2.75, 3.05) is 13.1 Å². The van der Waals surface area contributed by atoms with Gasteiger partial charge in [0.2, 0.25) is 5.88 Å². The lowest BCUT2D eigenvalue weighted by Crippen LogP contribution is -2.35. The predicted molar refractivity (Wildman–Crippen MR) is 127 cm³/mol. The third-order valence-electron chi connectivity index (χ3n) is 5.81. The van der Waals surface area contributed by atoms with E-state index in [1.165, 1.54) is 10.6 Å². The molecule has 3 aromatic rings. The maximum atomic E-state index is 13.9. The van der Waals surface area contributed by atoms with Gasteiger partial charge in [0.1, 0.15) is 28.5 Å². The second-order valence-corrected chi connectivity index (χ2v) is 9.04. The Labute approximate surface area is 204 Å². The van der Waals surface area contributed by atoms with E-state index in [0.717, 1.165) is 50.0 Å². The van der Waals surface area contributed by atoms with Crippen LogP contribution in [0.3, 0.4) is 0 Å². The summed E-state index contributed by atoms with van der Waals surface area (Å²) in [6.45, 7) is 3.22. The van der Waals surface area contributed by atoms with E-state index in [1.807, 2.05) is 17.0 Å². The lowest BCUT2D eigenvalue weighted by Gasteiger charge is -2.26. The highest BCUT2D eigenvalue weighted by Crippen LogP contribution is 2.22. The average Bonchev–Trinajstić information content (AvgIpc) is 2.84. The zero-order chi connectivity index (χ0) is 24.2. The molecule has 1 saturated heterocycles. The van der Waals surface area contributed by atoms with Crippen molar-refractivity contribution in [1.82, 2.24) is 14.5 Å². The lowest BCUT2D eigenvalue weighted by atomic mass is 10.1. The first-order chi connectivity index (χ1) is 16.3. The van der Waals surface area contributed by atoms with Crippen molar-refractivity contribution in [3.8, 4) is 5.88 Å². The third-order valence-corrected chi connectivity index (χ3v) is 6.49. The zero-order valence-corrected chi connectivity index (χ0v) is 20.3. The van der Waals surface area contributed by atoms with Gasteiger partial charge in [-0.2, -0.15) is 4.98 Å². The molecular formula is C25H24BrF2N3O3. The summed E-state index contributed by atoms with van der Waals surface area (Å²) >= 11 is 3.24. The van der Waals surface area contributed by atoms with E-state index in [9.17, 15) is 18.4 Å². The fourth-order valence-corrected chi connectivity index (χ4v) is 4.36. The van der Waals surface area contributed by atoms with Crippen molar-refractivity contribution in [2.24, 2.45) is 0 Å². The van der Waals surface area contributed by atoms with Crippen LogP contribution in [-0.4, -0.2) is 33.4 Å². The number of likely N-dealkylation sites (tertiary alicyclic amines) is 1. The quantitative estimate of drug-likeness (QED) is 0.456. The summed E-state index contributed by atoms with van der Waals surface area (Å²) in [4.78, 5) is 32.1. The monoisotopic (exact) mass is 531 g/mol.